The predicted molar refractivity (Wildman–Crippen MR) is 113 cm³/mol. The van der Waals surface area contributed by atoms with Crippen LogP contribution >= 0.6 is 0 Å². The van der Waals surface area contributed by atoms with E-state index < -0.39 is 0 Å². The van der Waals surface area contributed by atoms with E-state index in [0.717, 1.165) is 45.0 Å². The highest BCUT2D eigenvalue weighted by Crippen LogP contribution is 2.18. The Hall–Kier alpha value is -1.75. The lowest BCUT2D eigenvalue weighted by Crippen LogP contribution is -2.47. The molecule has 1 fully saturated rings. The van der Waals surface area contributed by atoms with Gasteiger partial charge in [0.05, 0.1) is 0 Å². The average Bonchev–Trinajstić information content (AvgIpc) is 3.01. The fourth-order valence-electron chi connectivity index (χ4n) is 3.48. The fraction of sp³-hybridized carbons (Fsp3) is 0.667. The molecule has 26 heavy (non-hydrogen) atoms. The van der Waals surface area contributed by atoms with E-state index in [4.69, 9.17) is 0 Å². The molecular formula is C21H37N5. The van der Waals surface area contributed by atoms with Gasteiger partial charge in [0.25, 0.3) is 0 Å². The summed E-state index contributed by atoms with van der Waals surface area (Å²) in [6, 6.07) is 11.7. The minimum absolute atomic E-state index is 0.479. The molecule has 0 aliphatic carbocycles. The van der Waals surface area contributed by atoms with Crippen molar-refractivity contribution in [2.45, 2.75) is 45.7 Å². The van der Waals surface area contributed by atoms with E-state index in [-0.39, 0.29) is 0 Å². The summed E-state index contributed by atoms with van der Waals surface area (Å²) >= 11 is 0. The first kappa shape index (κ1) is 20.6. The quantitative estimate of drug-likeness (QED) is 0.426. The van der Waals surface area contributed by atoms with Gasteiger partial charge >= 0.3 is 0 Å². The Bertz CT molecular complexity index is 543. The molecule has 2 atom stereocenters. The summed E-state index contributed by atoms with van der Waals surface area (Å²) in [7, 11) is 4.02. The molecule has 1 aliphatic heterocycles. The topological polar surface area (TPSA) is 42.9 Å². The maximum atomic E-state index is 4.40. The SMILES string of the molecule is CN=C(NCCCCN(C)c1ccccc1)NC1CN(C(C)C)CC1C. The van der Waals surface area contributed by atoms with Gasteiger partial charge in [0.2, 0.25) is 0 Å². The van der Waals surface area contributed by atoms with Crippen LogP contribution in [0.2, 0.25) is 0 Å². The second-order valence-corrected chi connectivity index (χ2v) is 7.74. The highest BCUT2D eigenvalue weighted by atomic mass is 15.3. The van der Waals surface area contributed by atoms with E-state index in [2.05, 4.69) is 83.6 Å². The monoisotopic (exact) mass is 359 g/mol. The number of aliphatic imine (C=N–C) groups is 1. The maximum Gasteiger partial charge on any atom is 0.191 e. The molecule has 1 heterocycles. The lowest BCUT2D eigenvalue weighted by atomic mass is 10.1. The summed E-state index contributed by atoms with van der Waals surface area (Å²) in [5.74, 6) is 1.58. The molecule has 146 valence electrons. The third kappa shape index (κ3) is 6.20. The van der Waals surface area contributed by atoms with Crippen molar-refractivity contribution < 1.29 is 0 Å². The van der Waals surface area contributed by atoms with Gasteiger partial charge in [0, 0.05) is 58.0 Å². The van der Waals surface area contributed by atoms with E-state index in [1.807, 2.05) is 7.05 Å². The van der Waals surface area contributed by atoms with Crippen LogP contribution in [-0.4, -0.2) is 63.2 Å². The molecule has 1 aromatic rings. The standard InChI is InChI=1S/C21H37N5/c1-17(2)26-15-18(3)20(16-26)24-21(22-4)23-13-9-10-14-25(5)19-11-7-6-8-12-19/h6-8,11-12,17-18,20H,9-10,13-16H2,1-5H3,(H2,22,23,24). The molecule has 0 aromatic heterocycles. The molecule has 2 rings (SSSR count). The number of unbranched alkanes of at least 4 members (excludes halogenated alkanes) is 1. The van der Waals surface area contributed by atoms with Gasteiger partial charge in [0.1, 0.15) is 0 Å². The molecule has 0 amide bonds. The van der Waals surface area contributed by atoms with Gasteiger partial charge in [-0.2, -0.15) is 0 Å². The minimum Gasteiger partial charge on any atom is -0.375 e. The van der Waals surface area contributed by atoms with E-state index in [9.17, 15) is 0 Å². The Morgan fingerprint density at radius 3 is 2.58 bits per heavy atom. The molecule has 1 aliphatic rings. The zero-order valence-electron chi connectivity index (χ0n) is 17.2. The van der Waals surface area contributed by atoms with Crippen LogP contribution in [0.25, 0.3) is 0 Å². The van der Waals surface area contributed by atoms with Crippen molar-refractivity contribution >= 4 is 11.6 Å². The predicted octanol–water partition coefficient (Wildman–Crippen LogP) is 2.80. The fourth-order valence-corrected chi connectivity index (χ4v) is 3.48. The zero-order valence-corrected chi connectivity index (χ0v) is 17.2. The second kappa shape index (κ2) is 10.4. The summed E-state index contributed by atoms with van der Waals surface area (Å²) in [5.41, 5.74) is 1.28. The molecule has 2 unspecified atom stereocenters. The maximum absolute atomic E-state index is 4.40. The number of anilines is 1. The number of hydrogen-bond donors (Lipinski definition) is 2. The summed E-state index contributed by atoms with van der Waals surface area (Å²) < 4.78 is 0. The molecule has 1 saturated heterocycles. The normalized spacial score (nSPS) is 21.2. The molecule has 0 saturated carbocycles. The third-order valence-corrected chi connectivity index (χ3v) is 5.33. The smallest absolute Gasteiger partial charge is 0.191 e. The second-order valence-electron chi connectivity index (χ2n) is 7.74. The van der Waals surface area contributed by atoms with Gasteiger partial charge in [-0.25, -0.2) is 0 Å². The first-order chi connectivity index (χ1) is 12.5. The van der Waals surface area contributed by atoms with Crippen LogP contribution in [-0.2, 0) is 0 Å². The molecule has 0 spiro atoms. The summed E-state index contributed by atoms with van der Waals surface area (Å²) in [5, 5.41) is 7.09. The highest BCUT2D eigenvalue weighted by Gasteiger charge is 2.31. The first-order valence-electron chi connectivity index (χ1n) is 9.98. The Morgan fingerprint density at radius 2 is 1.96 bits per heavy atom. The number of para-hydroxylation sites is 1. The number of nitrogens with zero attached hydrogens (tertiary/aromatic N) is 3. The largest absolute Gasteiger partial charge is 0.375 e. The number of rotatable bonds is 8. The van der Waals surface area contributed by atoms with Crippen LogP contribution in [0.1, 0.15) is 33.6 Å². The van der Waals surface area contributed by atoms with Crippen LogP contribution in [0.5, 0.6) is 0 Å². The van der Waals surface area contributed by atoms with E-state index in [1.54, 1.807) is 0 Å². The Kier molecular flexibility index (Phi) is 8.23. The Morgan fingerprint density at radius 1 is 1.23 bits per heavy atom. The average molecular weight is 360 g/mol. The van der Waals surface area contributed by atoms with E-state index >= 15 is 0 Å². The van der Waals surface area contributed by atoms with Crippen molar-refractivity contribution in [3.63, 3.8) is 0 Å². The lowest BCUT2D eigenvalue weighted by Gasteiger charge is -2.22. The van der Waals surface area contributed by atoms with Crippen molar-refractivity contribution in [3.05, 3.63) is 30.3 Å². The number of nitrogens with one attached hydrogen (secondary N) is 2. The van der Waals surface area contributed by atoms with Crippen LogP contribution in [0.15, 0.2) is 35.3 Å². The van der Waals surface area contributed by atoms with Crippen molar-refractivity contribution in [3.8, 4) is 0 Å². The molecular weight excluding hydrogens is 322 g/mol. The molecule has 0 bridgehead atoms. The number of likely N-dealkylation sites (tertiary alicyclic amines) is 1. The highest BCUT2D eigenvalue weighted by molar-refractivity contribution is 5.80. The van der Waals surface area contributed by atoms with Crippen molar-refractivity contribution in [2.75, 3.05) is 45.2 Å². The number of benzene rings is 1. The van der Waals surface area contributed by atoms with Gasteiger partial charge in [-0.05, 0) is 44.7 Å². The zero-order chi connectivity index (χ0) is 18.9. The van der Waals surface area contributed by atoms with Crippen LogP contribution in [0.3, 0.4) is 0 Å². The van der Waals surface area contributed by atoms with Crippen molar-refractivity contribution in [1.82, 2.24) is 15.5 Å². The third-order valence-electron chi connectivity index (χ3n) is 5.33. The van der Waals surface area contributed by atoms with E-state index in [1.165, 1.54) is 5.69 Å². The molecule has 2 N–H and O–H groups in total. The van der Waals surface area contributed by atoms with Crippen LogP contribution in [0, 0.1) is 5.92 Å². The molecule has 1 aromatic carbocycles. The van der Waals surface area contributed by atoms with Crippen LogP contribution in [0.4, 0.5) is 5.69 Å². The van der Waals surface area contributed by atoms with Crippen molar-refractivity contribution in [1.29, 1.82) is 0 Å². The van der Waals surface area contributed by atoms with Gasteiger partial charge in [-0.1, -0.05) is 25.1 Å². The molecule has 5 nitrogen and oxygen atoms in total. The lowest BCUT2D eigenvalue weighted by molar-refractivity contribution is 0.265. The summed E-state index contributed by atoms with van der Waals surface area (Å²) in [6.07, 6.45) is 2.30. The molecule has 5 heteroatoms. The summed E-state index contributed by atoms with van der Waals surface area (Å²) in [4.78, 5) is 9.25. The minimum atomic E-state index is 0.479. The first-order valence-corrected chi connectivity index (χ1v) is 9.98. The van der Waals surface area contributed by atoms with Gasteiger partial charge in [-0.15, -0.1) is 0 Å². The Balaban J connectivity index is 1.65. The van der Waals surface area contributed by atoms with E-state index in [0.29, 0.717) is 18.0 Å². The Labute approximate surface area is 159 Å². The van der Waals surface area contributed by atoms with Crippen LogP contribution < -0.4 is 15.5 Å². The van der Waals surface area contributed by atoms with Gasteiger partial charge in [0.15, 0.2) is 5.96 Å². The summed E-state index contributed by atoms with van der Waals surface area (Å²) in [6.45, 7) is 11.2. The number of guanidine groups is 1. The van der Waals surface area contributed by atoms with Gasteiger partial charge in [-0.3, -0.25) is 9.89 Å². The number of hydrogen-bond acceptors (Lipinski definition) is 3. The van der Waals surface area contributed by atoms with Gasteiger partial charge < -0.3 is 15.5 Å². The molecule has 0 radical (unpaired) electrons. The van der Waals surface area contributed by atoms with Crippen molar-refractivity contribution in [2.24, 2.45) is 10.9 Å².